The number of piperidine rings is 1. The van der Waals surface area contributed by atoms with Gasteiger partial charge in [0.25, 0.3) is 0 Å². The van der Waals surface area contributed by atoms with Crippen LogP contribution in [0.2, 0.25) is 0 Å². The van der Waals surface area contributed by atoms with Crippen LogP contribution < -0.4 is 0 Å². The highest BCUT2D eigenvalue weighted by Crippen LogP contribution is 2.48. The van der Waals surface area contributed by atoms with Crippen molar-refractivity contribution in [3.05, 3.63) is 0 Å². The predicted octanol–water partition coefficient (Wildman–Crippen LogP) is 4.13. The monoisotopic (exact) mass is 323 g/mol. The molecule has 0 aromatic rings. The molecule has 0 atom stereocenters. The molecule has 23 heavy (non-hydrogen) atoms. The van der Waals surface area contributed by atoms with Crippen LogP contribution in [0.15, 0.2) is 0 Å². The smallest absolute Gasteiger partial charge is 0.330 e. The zero-order chi connectivity index (χ0) is 16.9. The summed E-state index contributed by atoms with van der Waals surface area (Å²) in [6.45, 7) is 7.26. The third kappa shape index (κ3) is 4.79. The van der Waals surface area contributed by atoms with Gasteiger partial charge in [-0.2, -0.15) is 0 Å². The molecule has 0 aromatic heterocycles. The van der Waals surface area contributed by atoms with Crippen molar-refractivity contribution in [3.8, 4) is 0 Å². The number of hydrogen-bond donors (Lipinski definition) is 0. The largest absolute Gasteiger partial charge is 0.367 e. The Morgan fingerprint density at radius 2 is 1.78 bits per heavy atom. The molecule has 0 amide bonds. The van der Waals surface area contributed by atoms with E-state index in [2.05, 4.69) is 0 Å². The van der Waals surface area contributed by atoms with Crippen LogP contribution in [0.1, 0.15) is 78.6 Å². The highest BCUT2D eigenvalue weighted by Gasteiger charge is 2.42. The summed E-state index contributed by atoms with van der Waals surface area (Å²) in [5, 5.41) is 1.84. The Bertz CT molecular complexity index is 399. The van der Waals surface area contributed by atoms with Crippen molar-refractivity contribution in [3.63, 3.8) is 0 Å². The summed E-state index contributed by atoms with van der Waals surface area (Å²) in [4.78, 5) is 28.5. The van der Waals surface area contributed by atoms with Gasteiger partial charge >= 0.3 is 5.97 Å². The molecule has 1 aliphatic heterocycles. The molecule has 2 rings (SSSR count). The van der Waals surface area contributed by atoms with Gasteiger partial charge in [-0.25, -0.2) is 4.79 Å². The van der Waals surface area contributed by atoms with E-state index < -0.39 is 5.41 Å². The maximum Gasteiger partial charge on any atom is 0.330 e. The fourth-order valence-corrected chi connectivity index (χ4v) is 4.20. The lowest BCUT2D eigenvalue weighted by Crippen LogP contribution is -2.46. The highest BCUT2D eigenvalue weighted by molar-refractivity contribution is 5.75. The normalized spacial score (nSPS) is 23.4. The van der Waals surface area contributed by atoms with Crippen molar-refractivity contribution in [2.45, 2.75) is 78.6 Å². The van der Waals surface area contributed by atoms with Crippen LogP contribution in [0, 0.1) is 16.7 Å². The van der Waals surface area contributed by atoms with Gasteiger partial charge in [0.1, 0.15) is 6.29 Å². The second-order valence-corrected chi connectivity index (χ2v) is 8.46. The molecule has 1 heterocycles. The van der Waals surface area contributed by atoms with Crippen LogP contribution in [0.25, 0.3) is 0 Å². The van der Waals surface area contributed by atoms with Gasteiger partial charge in [-0.3, -0.25) is 0 Å². The molecule has 2 aliphatic rings. The van der Waals surface area contributed by atoms with E-state index in [1.165, 1.54) is 32.1 Å². The van der Waals surface area contributed by atoms with Gasteiger partial charge in [0.2, 0.25) is 0 Å². The first-order valence-electron chi connectivity index (χ1n) is 9.28. The van der Waals surface area contributed by atoms with E-state index >= 15 is 0 Å². The lowest BCUT2D eigenvalue weighted by molar-refractivity contribution is -0.212. The molecule has 0 N–H and O–H groups in total. The number of nitrogens with zero attached hydrogens (tertiary/aromatic N) is 1. The quantitative estimate of drug-likeness (QED) is 0.714. The van der Waals surface area contributed by atoms with Crippen LogP contribution in [0.3, 0.4) is 0 Å². The van der Waals surface area contributed by atoms with Crippen molar-refractivity contribution >= 4 is 12.3 Å². The predicted molar refractivity (Wildman–Crippen MR) is 90.7 cm³/mol. The Morgan fingerprint density at radius 1 is 1.17 bits per heavy atom. The molecule has 1 aliphatic carbocycles. The van der Waals surface area contributed by atoms with Crippen LogP contribution in [0.4, 0.5) is 0 Å². The van der Waals surface area contributed by atoms with E-state index in [9.17, 15) is 9.59 Å². The molecule has 0 aromatic carbocycles. The molecule has 0 spiro atoms. The van der Waals surface area contributed by atoms with Crippen LogP contribution in [0.5, 0.6) is 0 Å². The van der Waals surface area contributed by atoms with Gasteiger partial charge < -0.3 is 9.63 Å². The Kier molecular flexibility index (Phi) is 6.24. The van der Waals surface area contributed by atoms with Gasteiger partial charge in [0, 0.05) is 19.5 Å². The van der Waals surface area contributed by atoms with Crippen LogP contribution in [-0.2, 0) is 14.4 Å². The molecular weight excluding hydrogens is 290 g/mol. The van der Waals surface area contributed by atoms with Crippen molar-refractivity contribution < 1.29 is 14.4 Å². The third-order valence-electron chi connectivity index (χ3n) is 5.77. The van der Waals surface area contributed by atoms with Crippen molar-refractivity contribution in [2.24, 2.45) is 16.7 Å². The minimum absolute atomic E-state index is 0.157. The van der Waals surface area contributed by atoms with Gasteiger partial charge in [-0.05, 0) is 64.2 Å². The fourth-order valence-electron chi connectivity index (χ4n) is 4.20. The molecule has 0 unspecified atom stereocenters. The highest BCUT2D eigenvalue weighted by atomic mass is 16.7. The first-order valence-corrected chi connectivity index (χ1v) is 9.28. The summed E-state index contributed by atoms with van der Waals surface area (Å²) in [5.41, 5.74) is -0.179. The van der Waals surface area contributed by atoms with E-state index in [4.69, 9.17) is 4.84 Å². The lowest BCUT2D eigenvalue weighted by Gasteiger charge is -2.47. The number of hydrogen-bond acceptors (Lipinski definition) is 4. The molecule has 4 nitrogen and oxygen atoms in total. The molecule has 4 heteroatoms. The van der Waals surface area contributed by atoms with Crippen molar-refractivity contribution in [1.29, 1.82) is 0 Å². The molecular formula is C19H33NO3. The first-order chi connectivity index (χ1) is 10.9. The summed E-state index contributed by atoms with van der Waals surface area (Å²) < 4.78 is 0. The molecule has 132 valence electrons. The van der Waals surface area contributed by atoms with Gasteiger partial charge in [-0.15, -0.1) is 5.06 Å². The van der Waals surface area contributed by atoms with Crippen LogP contribution >= 0.6 is 0 Å². The Labute approximate surface area is 140 Å². The number of hydroxylamine groups is 2. The van der Waals surface area contributed by atoms with Crippen molar-refractivity contribution in [2.75, 3.05) is 13.1 Å². The summed E-state index contributed by atoms with van der Waals surface area (Å²) >= 11 is 0. The molecule has 1 saturated heterocycles. The Hall–Kier alpha value is -0.900. The summed E-state index contributed by atoms with van der Waals surface area (Å²) in [6, 6.07) is 0. The summed E-state index contributed by atoms with van der Waals surface area (Å²) in [7, 11) is 0. The maximum absolute atomic E-state index is 12.1. The second kappa shape index (κ2) is 7.78. The minimum atomic E-state index is -0.463. The van der Waals surface area contributed by atoms with Crippen LogP contribution in [-0.4, -0.2) is 30.4 Å². The van der Waals surface area contributed by atoms with E-state index in [-0.39, 0.29) is 11.4 Å². The topological polar surface area (TPSA) is 46.6 Å². The van der Waals surface area contributed by atoms with E-state index in [1.54, 1.807) is 0 Å². The average molecular weight is 323 g/mol. The second-order valence-electron chi connectivity index (χ2n) is 8.46. The third-order valence-corrected chi connectivity index (χ3v) is 5.77. The minimum Gasteiger partial charge on any atom is -0.367 e. The average Bonchev–Trinajstić information content (AvgIpc) is 2.54. The number of carbonyl (C=O) groups is 2. The molecule has 1 saturated carbocycles. The Morgan fingerprint density at radius 3 is 2.30 bits per heavy atom. The molecule has 0 radical (unpaired) electrons. The van der Waals surface area contributed by atoms with E-state index in [0.29, 0.717) is 6.42 Å². The summed E-state index contributed by atoms with van der Waals surface area (Å²) in [5.74, 6) is 0.590. The fraction of sp³-hybridized carbons (Fsp3) is 0.895. The van der Waals surface area contributed by atoms with Gasteiger partial charge in [0.05, 0.1) is 5.41 Å². The zero-order valence-corrected chi connectivity index (χ0v) is 15.1. The van der Waals surface area contributed by atoms with Gasteiger partial charge in [-0.1, -0.05) is 19.3 Å². The zero-order valence-electron chi connectivity index (χ0n) is 15.1. The number of carbonyl (C=O) groups excluding carboxylic acids is 2. The lowest BCUT2D eigenvalue weighted by atomic mass is 9.62. The van der Waals surface area contributed by atoms with Gasteiger partial charge in [0.15, 0.2) is 0 Å². The van der Waals surface area contributed by atoms with E-state index in [1.807, 2.05) is 25.8 Å². The van der Waals surface area contributed by atoms with Crippen molar-refractivity contribution in [1.82, 2.24) is 5.06 Å². The standard InChI is InChI=1S/C19H33NO3/c1-18(2,3)17(22)23-20-13-11-19(12-14-20,10-7-15-21)16-8-5-4-6-9-16/h15-16H,4-14H2,1-3H3. The number of aldehydes is 1. The Balaban J connectivity index is 1.95. The maximum atomic E-state index is 12.1. The molecule has 0 bridgehead atoms. The first kappa shape index (κ1) is 18.4. The number of rotatable bonds is 5. The molecule has 2 fully saturated rings. The summed E-state index contributed by atoms with van der Waals surface area (Å²) in [6.07, 6.45) is 11.5. The van der Waals surface area contributed by atoms with E-state index in [0.717, 1.165) is 44.6 Å². The SMILES string of the molecule is CC(C)(C)C(=O)ON1CCC(CCC=O)(C2CCCCC2)CC1.